The van der Waals surface area contributed by atoms with Crippen LogP contribution in [0.5, 0.6) is 0 Å². The number of anilines is 2. The molecule has 1 aliphatic rings. The smallest absolute Gasteiger partial charge is 0.245 e. The lowest BCUT2D eigenvalue weighted by Gasteiger charge is -2.31. The first-order valence-corrected chi connectivity index (χ1v) is 6.33. The summed E-state index contributed by atoms with van der Waals surface area (Å²) in [6.45, 7) is 1.05. The molecule has 6 nitrogen and oxygen atoms in total. The van der Waals surface area contributed by atoms with Crippen molar-refractivity contribution in [3.8, 4) is 0 Å². The number of pyridine rings is 1. The summed E-state index contributed by atoms with van der Waals surface area (Å²) in [6, 6.07) is 3.67. The molecule has 0 bridgehead atoms. The summed E-state index contributed by atoms with van der Waals surface area (Å²) < 4.78 is 5.23. The molecular formula is C13H20N4O2. The van der Waals surface area contributed by atoms with Crippen LogP contribution in [0.25, 0.3) is 0 Å². The average molecular weight is 264 g/mol. The Labute approximate surface area is 112 Å². The highest BCUT2D eigenvalue weighted by Crippen LogP contribution is 2.20. The lowest BCUT2D eigenvalue weighted by Crippen LogP contribution is -2.54. The van der Waals surface area contributed by atoms with E-state index in [0.717, 1.165) is 5.69 Å². The molecular weight excluding hydrogens is 244 g/mol. The van der Waals surface area contributed by atoms with Gasteiger partial charge in [0.1, 0.15) is 11.4 Å². The summed E-state index contributed by atoms with van der Waals surface area (Å²) in [6.07, 6.45) is 2.78. The molecule has 1 saturated heterocycles. The van der Waals surface area contributed by atoms with Crippen molar-refractivity contribution in [1.82, 2.24) is 4.98 Å². The molecule has 1 fully saturated rings. The van der Waals surface area contributed by atoms with Gasteiger partial charge in [0.15, 0.2) is 0 Å². The van der Waals surface area contributed by atoms with E-state index in [9.17, 15) is 4.79 Å². The number of hydrogen-bond donors (Lipinski definition) is 2. The topological polar surface area (TPSA) is 80.5 Å². The van der Waals surface area contributed by atoms with E-state index in [4.69, 9.17) is 10.5 Å². The Kier molecular flexibility index (Phi) is 4.01. The second-order valence-corrected chi connectivity index (χ2v) is 5.02. The minimum absolute atomic E-state index is 0.194. The molecule has 2 heterocycles. The molecule has 1 aromatic heterocycles. The lowest BCUT2D eigenvalue weighted by molar-refractivity contribution is -0.124. The number of carbonyl (C=O) groups excluding carboxylic acids is 1. The summed E-state index contributed by atoms with van der Waals surface area (Å²) in [4.78, 5) is 18.3. The minimum atomic E-state index is -0.847. The Balaban J connectivity index is 2.02. The molecule has 0 aromatic carbocycles. The minimum Gasteiger partial charge on any atom is -0.381 e. The van der Waals surface area contributed by atoms with Gasteiger partial charge in [-0.15, -0.1) is 0 Å². The summed E-state index contributed by atoms with van der Waals surface area (Å²) in [5.41, 5.74) is 6.23. The maximum atomic E-state index is 12.2. The quantitative estimate of drug-likeness (QED) is 0.835. The van der Waals surface area contributed by atoms with Gasteiger partial charge in [-0.2, -0.15) is 0 Å². The van der Waals surface area contributed by atoms with Crippen molar-refractivity contribution in [1.29, 1.82) is 0 Å². The summed E-state index contributed by atoms with van der Waals surface area (Å²) in [7, 11) is 3.87. The largest absolute Gasteiger partial charge is 0.381 e. The van der Waals surface area contributed by atoms with Crippen molar-refractivity contribution in [3.05, 3.63) is 18.3 Å². The molecule has 1 aromatic rings. The van der Waals surface area contributed by atoms with Crippen LogP contribution in [-0.2, 0) is 9.53 Å². The molecule has 0 saturated carbocycles. The molecule has 1 aliphatic heterocycles. The Morgan fingerprint density at radius 1 is 1.42 bits per heavy atom. The fraction of sp³-hybridized carbons (Fsp3) is 0.538. The second kappa shape index (κ2) is 5.54. The number of nitrogens with one attached hydrogen (secondary N) is 1. The van der Waals surface area contributed by atoms with E-state index < -0.39 is 5.54 Å². The Bertz CT molecular complexity index is 438. The maximum Gasteiger partial charge on any atom is 0.245 e. The van der Waals surface area contributed by atoms with Gasteiger partial charge in [0.25, 0.3) is 0 Å². The van der Waals surface area contributed by atoms with Gasteiger partial charge in [0.2, 0.25) is 5.91 Å². The SMILES string of the molecule is CN(C)c1ccc(NC(=O)C2(N)CCOCC2)nc1. The Morgan fingerprint density at radius 2 is 2.11 bits per heavy atom. The standard InChI is InChI=1S/C13H20N4O2/c1-17(2)10-3-4-11(15-9-10)16-12(18)13(14)5-7-19-8-6-13/h3-4,9H,5-8,14H2,1-2H3,(H,15,16,18). The van der Waals surface area contributed by atoms with Crippen molar-refractivity contribution < 1.29 is 9.53 Å². The molecule has 0 aliphatic carbocycles. The molecule has 3 N–H and O–H groups in total. The number of rotatable bonds is 3. The third-order valence-corrected chi connectivity index (χ3v) is 3.34. The molecule has 0 unspecified atom stereocenters. The van der Waals surface area contributed by atoms with Gasteiger partial charge in [-0.05, 0) is 25.0 Å². The molecule has 0 atom stereocenters. The van der Waals surface area contributed by atoms with Crippen LogP contribution in [0.2, 0.25) is 0 Å². The molecule has 0 spiro atoms. The van der Waals surface area contributed by atoms with E-state index in [0.29, 0.717) is 31.9 Å². The van der Waals surface area contributed by atoms with Crippen molar-refractivity contribution in [2.75, 3.05) is 37.5 Å². The van der Waals surface area contributed by atoms with E-state index >= 15 is 0 Å². The number of ether oxygens (including phenoxy) is 1. The molecule has 2 rings (SSSR count). The zero-order valence-electron chi connectivity index (χ0n) is 11.3. The van der Waals surface area contributed by atoms with E-state index in [1.807, 2.05) is 25.1 Å². The number of nitrogens with two attached hydrogens (primary N) is 1. The zero-order valence-corrected chi connectivity index (χ0v) is 11.3. The number of hydrogen-bond acceptors (Lipinski definition) is 5. The molecule has 104 valence electrons. The third-order valence-electron chi connectivity index (χ3n) is 3.34. The fourth-order valence-electron chi connectivity index (χ4n) is 1.93. The Morgan fingerprint density at radius 3 is 2.63 bits per heavy atom. The van der Waals surface area contributed by atoms with Gasteiger partial charge in [-0.25, -0.2) is 4.98 Å². The van der Waals surface area contributed by atoms with Crippen LogP contribution in [0.3, 0.4) is 0 Å². The highest BCUT2D eigenvalue weighted by molar-refractivity contribution is 5.97. The van der Waals surface area contributed by atoms with E-state index in [1.165, 1.54) is 0 Å². The first-order chi connectivity index (χ1) is 9.01. The van der Waals surface area contributed by atoms with Crippen LogP contribution in [0.15, 0.2) is 18.3 Å². The van der Waals surface area contributed by atoms with Crippen LogP contribution >= 0.6 is 0 Å². The third kappa shape index (κ3) is 3.21. The monoisotopic (exact) mass is 264 g/mol. The lowest BCUT2D eigenvalue weighted by atomic mass is 9.90. The highest BCUT2D eigenvalue weighted by atomic mass is 16.5. The van der Waals surface area contributed by atoms with Crippen LogP contribution in [0.1, 0.15) is 12.8 Å². The Hall–Kier alpha value is -1.66. The number of nitrogens with zero attached hydrogens (tertiary/aromatic N) is 2. The molecule has 19 heavy (non-hydrogen) atoms. The first-order valence-electron chi connectivity index (χ1n) is 6.33. The number of carbonyl (C=O) groups is 1. The highest BCUT2D eigenvalue weighted by Gasteiger charge is 2.36. The average Bonchev–Trinajstić information content (AvgIpc) is 2.40. The predicted molar refractivity (Wildman–Crippen MR) is 74.2 cm³/mol. The van der Waals surface area contributed by atoms with Crippen molar-refractivity contribution in [2.45, 2.75) is 18.4 Å². The van der Waals surface area contributed by atoms with Gasteiger partial charge in [-0.3, -0.25) is 4.79 Å². The van der Waals surface area contributed by atoms with E-state index in [2.05, 4.69) is 10.3 Å². The molecule has 0 radical (unpaired) electrons. The summed E-state index contributed by atoms with van der Waals surface area (Å²) in [5, 5.41) is 2.77. The maximum absolute atomic E-state index is 12.2. The van der Waals surface area contributed by atoms with E-state index in [-0.39, 0.29) is 5.91 Å². The van der Waals surface area contributed by atoms with Crippen molar-refractivity contribution >= 4 is 17.4 Å². The van der Waals surface area contributed by atoms with Crippen LogP contribution in [-0.4, -0.2) is 43.7 Å². The molecule has 6 heteroatoms. The van der Waals surface area contributed by atoms with Gasteiger partial charge in [0, 0.05) is 27.3 Å². The fourth-order valence-corrected chi connectivity index (χ4v) is 1.93. The normalized spacial score (nSPS) is 17.8. The van der Waals surface area contributed by atoms with Gasteiger partial charge in [-0.1, -0.05) is 0 Å². The molecule has 1 amide bonds. The summed E-state index contributed by atoms with van der Waals surface area (Å²) in [5.74, 6) is 0.327. The van der Waals surface area contributed by atoms with Crippen LogP contribution in [0, 0.1) is 0 Å². The number of amides is 1. The van der Waals surface area contributed by atoms with Crippen LogP contribution < -0.4 is 16.0 Å². The number of aromatic nitrogens is 1. The summed E-state index contributed by atoms with van der Waals surface area (Å²) >= 11 is 0. The van der Waals surface area contributed by atoms with Gasteiger partial charge in [0.05, 0.1) is 11.9 Å². The van der Waals surface area contributed by atoms with Crippen molar-refractivity contribution in [3.63, 3.8) is 0 Å². The predicted octanol–water partition coefficient (Wildman–Crippen LogP) is 0.594. The first kappa shape index (κ1) is 13.8. The van der Waals surface area contributed by atoms with E-state index in [1.54, 1.807) is 12.3 Å². The van der Waals surface area contributed by atoms with Gasteiger partial charge < -0.3 is 20.7 Å². The zero-order chi connectivity index (χ0) is 13.9. The van der Waals surface area contributed by atoms with Gasteiger partial charge >= 0.3 is 0 Å². The van der Waals surface area contributed by atoms with Crippen LogP contribution in [0.4, 0.5) is 11.5 Å². The second-order valence-electron chi connectivity index (χ2n) is 5.02. The van der Waals surface area contributed by atoms with Crippen molar-refractivity contribution in [2.24, 2.45) is 5.73 Å².